The highest BCUT2D eigenvalue weighted by atomic mass is 32.2. The van der Waals surface area contributed by atoms with Crippen molar-refractivity contribution in [2.75, 3.05) is 12.0 Å². The first-order valence-electron chi connectivity index (χ1n) is 6.99. The van der Waals surface area contributed by atoms with Crippen LogP contribution < -0.4 is 5.73 Å². The van der Waals surface area contributed by atoms with E-state index in [1.165, 1.54) is 28.1 Å². The smallest absolute Gasteiger partial charge is 0.141 e. The fourth-order valence-electron chi connectivity index (χ4n) is 2.43. The summed E-state index contributed by atoms with van der Waals surface area (Å²) < 4.78 is 0. The Balaban J connectivity index is 2.05. The van der Waals surface area contributed by atoms with E-state index in [2.05, 4.69) is 59.9 Å². The lowest BCUT2D eigenvalue weighted by atomic mass is 9.97. The van der Waals surface area contributed by atoms with Gasteiger partial charge in [0.25, 0.3) is 0 Å². The van der Waals surface area contributed by atoms with E-state index >= 15 is 0 Å². The van der Waals surface area contributed by atoms with Gasteiger partial charge in [-0.1, -0.05) is 49.4 Å². The number of hydrogen-bond donors (Lipinski definition) is 2. The monoisotopic (exact) mass is 327 g/mol. The van der Waals surface area contributed by atoms with Gasteiger partial charge < -0.3 is 5.73 Å². The van der Waals surface area contributed by atoms with Gasteiger partial charge in [-0.3, -0.25) is 0 Å². The summed E-state index contributed by atoms with van der Waals surface area (Å²) in [4.78, 5) is 9.67. The zero-order valence-corrected chi connectivity index (χ0v) is 14.2. The van der Waals surface area contributed by atoms with Gasteiger partial charge in [0.05, 0.1) is 4.90 Å². The molecule has 0 spiro atoms. The summed E-state index contributed by atoms with van der Waals surface area (Å²) in [6.45, 7) is 2.10. The predicted octanol–water partition coefficient (Wildman–Crippen LogP) is 4.37. The molecule has 0 aliphatic carbocycles. The quantitative estimate of drug-likeness (QED) is 0.426. The Morgan fingerprint density at radius 1 is 1.09 bits per heavy atom. The van der Waals surface area contributed by atoms with Crippen LogP contribution in [0.25, 0.3) is 10.8 Å². The molecule has 1 atom stereocenters. The van der Waals surface area contributed by atoms with E-state index in [1.54, 1.807) is 0 Å². The molecule has 0 saturated carbocycles. The van der Waals surface area contributed by atoms with Crippen molar-refractivity contribution in [3.63, 3.8) is 0 Å². The molecular formula is C17H17N3S2. The maximum atomic E-state index is 5.96. The van der Waals surface area contributed by atoms with Crippen molar-refractivity contribution in [1.29, 1.82) is 0 Å². The van der Waals surface area contributed by atoms with Crippen LogP contribution in [0.15, 0.2) is 52.4 Å². The van der Waals surface area contributed by atoms with Crippen molar-refractivity contribution in [3.05, 3.63) is 53.9 Å². The molecule has 3 rings (SSSR count). The van der Waals surface area contributed by atoms with Gasteiger partial charge in [-0.2, -0.15) is 0 Å². The van der Waals surface area contributed by atoms with Crippen LogP contribution >= 0.6 is 24.4 Å². The van der Waals surface area contributed by atoms with Crippen molar-refractivity contribution in [3.8, 4) is 0 Å². The van der Waals surface area contributed by atoms with Gasteiger partial charge in [0.2, 0.25) is 0 Å². The molecule has 3 aromatic rings. The van der Waals surface area contributed by atoms with Crippen LogP contribution in [0.5, 0.6) is 0 Å². The summed E-state index contributed by atoms with van der Waals surface area (Å²) in [5, 5.41) is 3.27. The maximum Gasteiger partial charge on any atom is 0.141 e. The minimum atomic E-state index is 0.0757. The predicted molar refractivity (Wildman–Crippen MR) is 96.9 cm³/mol. The zero-order chi connectivity index (χ0) is 15.7. The number of thiol groups is 1. The van der Waals surface area contributed by atoms with Gasteiger partial charge in [-0.15, -0.1) is 24.4 Å². The van der Waals surface area contributed by atoms with Crippen molar-refractivity contribution in [2.45, 2.75) is 22.8 Å². The van der Waals surface area contributed by atoms with Crippen LogP contribution in [0, 0.1) is 0 Å². The molecule has 1 heterocycles. The minimum absolute atomic E-state index is 0.0757. The van der Waals surface area contributed by atoms with E-state index in [4.69, 9.17) is 5.73 Å². The lowest BCUT2D eigenvalue weighted by Gasteiger charge is -2.14. The largest absolute Gasteiger partial charge is 0.383 e. The highest BCUT2D eigenvalue weighted by Gasteiger charge is 2.16. The van der Waals surface area contributed by atoms with Gasteiger partial charge in [-0.05, 0) is 22.6 Å². The average molecular weight is 327 g/mol. The topological polar surface area (TPSA) is 51.8 Å². The van der Waals surface area contributed by atoms with E-state index in [0.717, 1.165) is 10.9 Å². The Hall–Kier alpha value is -1.72. The number of anilines is 1. The molecule has 0 aliphatic rings. The molecule has 5 heteroatoms. The van der Waals surface area contributed by atoms with Gasteiger partial charge >= 0.3 is 0 Å². The first kappa shape index (κ1) is 15.2. The Bertz CT molecular complexity index is 833. The molecular weight excluding hydrogens is 310 g/mol. The first-order valence-corrected chi connectivity index (χ1v) is 8.66. The highest BCUT2D eigenvalue weighted by Crippen LogP contribution is 2.30. The lowest BCUT2D eigenvalue weighted by molar-refractivity contribution is 0.776. The number of nitrogen functional groups attached to an aromatic ring is 1. The highest BCUT2D eigenvalue weighted by molar-refractivity contribution is 7.99. The normalized spacial score (nSPS) is 12.5. The number of fused-ring (bicyclic) bond motifs is 1. The molecule has 22 heavy (non-hydrogen) atoms. The van der Waals surface area contributed by atoms with Crippen LogP contribution in [0.2, 0.25) is 0 Å². The molecule has 1 aromatic heterocycles. The summed E-state index contributed by atoms with van der Waals surface area (Å²) >= 11 is 5.90. The van der Waals surface area contributed by atoms with E-state index in [9.17, 15) is 0 Å². The molecule has 0 amide bonds. The zero-order valence-electron chi connectivity index (χ0n) is 12.4. The lowest BCUT2D eigenvalue weighted by Crippen LogP contribution is -2.07. The number of nitrogens with two attached hydrogens (primary N) is 1. The van der Waals surface area contributed by atoms with E-state index < -0.39 is 0 Å². The van der Waals surface area contributed by atoms with Gasteiger partial charge in [0, 0.05) is 5.92 Å². The Kier molecular flexibility index (Phi) is 4.27. The molecule has 0 bridgehead atoms. The van der Waals surface area contributed by atoms with Crippen LogP contribution in [-0.2, 0) is 0 Å². The summed E-state index contributed by atoms with van der Waals surface area (Å²) in [5.41, 5.74) is 7.14. The Morgan fingerprint density at radius 3 is 2.55 bits per heavy atom. The number of thioether (sulfide) groups is 1. The standard InChI is InChI=1S/C17H17N3S2/c1-10(16-19-15(18)14(21)17(20-16)22-2)12-8-7-11-5-3-4-6-13(11)9-12/h3-10,21H,1-2H3,(H2,18,19,20). The van der Waals surface area contributed by atoms with E-state index in [0.29, 0.717) is 10.7 Å². The van der Waals surface area contributed by atoms with E-state index in [-0.39, 0.29) is 5.92 Å². The average Bonchev–Trinajstić information content (AvgIpc) is 2.56. The third kappa shape index (κ3) is 2.78. The Labute approximate surface area is 139 Å². The number of rotatable bonds is 3. The summed E-state index contributed by atoms with van der Waals surface area (Å²) in [7, 11) is 0. The fraction of sp³-hybridized carbons (Fsp3) is 0.176. The SMILES string of the molecule is CSc1nc(C(C)c2ccc3ccccc3c2)nc(N)c1S. The minimum Gasteiger partial charge on any atom is -0.383 e. The van der Waals surface area contributed by atoms with Crippen LogP contribution in [0.1, 0.15) is 24.2 Å². The summed E-state index contributed by atoms with van der Waals surface area (Å²) in [6, 6.07) is 14.8. The van der Waals surface area contributed by atoms with Crippen LogP contribution in [-0.4, -0.2) is 16.2 Å². The van der Waals surface area contributed by atoms with Gasteiger partial charge in [0.1, 0.15) is 16.7 Å². The molecule has 0 fully saturated rings. The second-order valence-corrected chi connectivity index (χ2v) is 6.40. The van der Waals surface area contributed by atoms with Crippen molar-refractivity contribution < 1.29 is 0 Å². The number of hydrogen-bond acceptors (Lipinski definition) is 5. The van der Waals surface area contributed by atoms with E-state index in [1.807, 2.05) is 18.4 Å². The van der Waals surface area contributed by atoms with Gasteiger partial charge in [-0.25, -0.2) is 9.97 Å². The van der Waals surface area contributed by atoms with Gasteiger partial charge in [0.15, 0.2) is 0 Å². The molecule has 112 valence electrons. The third-order valence-corrected chi connectivity index (χ3v) is 5.02. The van der Waals surface area contributed by atoms with Crippen LogP contribution in [0.4, 0.5) is 5.82 Å². The molecule has 0 radical (unpaired) electrons. The molecule has 2 N–H and O–H groups in total. The second kappa shape index (κ2) is 6.18. The first-order chi connectivity index (χ1) is 10.6. The number of benzene rings is 2. The third-order valence-electron chi connectivity index (χ3n) is 3.75. The fourth-order valence-corrected chi connectivity index (χ4v) is 3.29. The Morgan fingerprint density at radius 2 is 1.82 bits per heavy atom. The van der Waals surface area contributed by atoms with Crippen molar-refractivity contribution >= 4 is 41.0 Å². The molecule has 2 aromatic carbocycles. The summed E-state index contributed by atoms with van der Waals surface area (Å²) in [5.74, 6) is 1.24. The molecule has 0 aliphatic heterocycles. The number of aromatic nitrogens is 2. The van der Waals surface area contributed by atoms with Crippen molar-refractivity contribution in [1.82, 2.24) is 9.97 Å². The van der Waals surface area contributed by atoms with Crippen molar-refractivity contribution in [2.24, 2.45) is 0 Å². The second-order valence-electron chi connectivity index (χ2n) is 5.15. The maximum absolute atomic E-state index is 5.96. The van der Waals surface area contributed by atoms with Crippen LogP contribution in [0.3, 0.4) is 0 Å². The molecule has 3 nitrogen and oxygen atoms in total. The molecule has 0 saturated heterocycles. The molecule has 1 unspecified atom stereocenters. The number of nitrogens with zero attached hydrogens (tertiary/aromatic N) is 2. The summed E-state index contributed by atoms with van der Waals surface area (Å²) in [6.07, 6.45) is 1.96.